The van der Waals surface area contributed by atoms with E-state index in [2.05, 4.69) is 165 Å². The lowest BCUT2D eigenvalue weighted by Gasteiger charge is -2.46. The summed E-state index contributed by atoms with van der Waals surface area (Å²) in [5.41, 5.74) is 0. The van der Waals surface area contributed by atoms with Crippen LogP contribution in [0.2, 0.25) is 0 Å². The third-order valence-electron chi connectivity index (χ3n) is 14.6. The van der Waals surface area contributed by atoms with Gasteiger partial charge in [0.25, 0.3) is 0 Å². The molecule has 12 atom stereocenters. The molecule has 0 aromatic heterocycles. The summed E-state index contributed by atoms with van der Waals surface area (Å²) in [6, 6.07) is -0.851. The molecule has 14 heteroatoms. The van der Waals surface area contributed by atoms with E-state index in [9.17, 15) is 45.6 Å². The summed E-state index contributed by atoms with van der Waals surface area (Å²) < 4.78 is 22.7. The second-order valence-corrected chi connectivity index (χ2v) is 21.8. The molecular formula is C70H113NO13. The molecule has 12 unspecified atom stereocenters. The molecular weight excluding hydrogens is 1060 g/mol. The summed E-state index contributed by atoms with van der Waals surface area (Å²) in [5, 5.41) is 87.0. The average Bonchev–Trinajstić information content (AvgIpc) is 2.28. The highest BCUT2D eigenvalue weighted by Crippen LogP contribution is 2.30. The van der Waals surface area contributed by atoms with Crippen LogP contribution in [0.15, 0.2) is 146 Å². The maximum atomic E-state index is 13.2. The quantitative estimate of drug-likeness (QED) is 0.0204. The lowest BCUT2D eigenvalue weighted by Crippen LogP contribution is -2.65. The molecule has 2 heterocycles. The summed E-state index contributed by atoms with van der Waals surface area (Å²) in [6.07, 6.45) is 63.1. The first kappa shape index (κ1) is 76.0. The predicted molar refractivity (Wildman–Crippen MR) is 341 cm³/mol. The number of hydrogen-bond donors (Lipinski definition) is 9. The molecule has 2 aliphatic heterocycles. The minimum Gasteiger partial charge on any atom is -0.394 e. The fourth-order valence-electron chi connectivity index (χ4n) is 9.45. The zero-order valence-corrected chi connectivity index (χ0v) is 51.3. The van der Waals surface area contributed by atoms with E-state index in [4.69, 9.17) is 18.9 Å². The number of amides is 1. The number of ether oxygens (including phenoxy) is 4. The van der Waals surface area contributed by atoms with Crippen LogP contribution in [0.4, 0.5) is 0 Å². The Balaban J connectivity index is 1.61. The van der Waals surface area contributed by atoms with Crippen LogP contribution in [-0.4, -0.2) is 140 Å². The van der Waals surface area contributed by atoms with Gasteiger partial charge in [0.15, 0.2) is 12.6 Å². The van der Waals surface area contributed by atoms with Gasteiger partial charge in [-0.25, -0.2) is 0 Å². The largest absolute Gasteiger partial charge is 0.394 e. The van der Waals surface area contributed by atoms with Gasteiger partial charge in [-0.1, -0.05) is 230 Å². The normalized spacial score (nSPS) is 24.7. The zero-order valence-electron chi connectivity index (χ0n) is 51.3. The number of hydrogen-bond acceptors (Lipinski definition) is 13. The first-order valence-electron chi connectivity index (χ1n) is 32.1. The number of aliphatic hydroxyl groups excluding tert-OH is 8. The van der Waals surface area contributed by atoms with Crippen molar-refractivity contribution in [2.75, 3.05) is 19.8 Å². The van der Waals surface area contributed by atoms with E-state index in [-0.39, 0.29) is 18.9 Å². The molecule has 0 aromatic carbocycles. The van der Waals surface area contributed by atoms with Crippen LogP contribution in [0.25, 0.3) is 0 Å². The van der Waals surface area contributed by atoms with Crippen molar-refractivity contribution in [3.8, 4) is 0 Å². The van der Waals surface area contributed by atoms with Crippen molar-refractivity contribution >= 4 is 5.91 Å². The van der Waals surface area contributed by atoms with E-state index >= 15 is 0 Å². The van der Waals surface area contributed by atoms with Crippen LogP contribution in [-0.2, 0) is 23.7 Å². The Labute approximate surface area is 506 Å². The Morgan fingerprint density at radius 2 is 0.821 bits per heavy atom. The predicted octanol–water partition coefficient (Wildman–Crippen LogP) is 12.1. The van der Waals surface area contributed by atoms with E-state index in [0.717, 1.165) is 128 Å². The van der Waals surface area contributed by atoms with Crippen LogP contribution >= 0.6 is 0 Å². The summed E-state index contributed by atoms with van der Waals surface area (Å²) >= 11 is 0. The number of rotatable bonds is 49. The van der Waals surface area contributed by atoms with E-state index in [1.807, 2.05) is 0 Å². The van der Waals surface area contributed by atoms with Crippen molar-refractivity contribution in [1.82, 2.24) is 5.32 Å². The first-order chi connectivity index (χ1) is 41.1. The van der Waals surface area contributed by atoms with Crippen molar-refractivity contribution in [2.24, 2.45) is 0 Å². The number of allylic oxidation sites excluding steroid dienone is 24. The van der Waals surface area contributed by atoms with Crippen molar-refractivity contribution in [2.45, 2.75) is 267 Å². The molecule has 2 saturated heterocycles. The van der Waals surface area contributed by atoms with E-state index < -0.39 is 86.8 Å². The second kappa shape index (κ2) is 53.1. The Bertz CT molecular complexity index is 1970. The van der Waals surface area contributed by atoms with Gasteiger partial charge in [-0.05, 0) is 103 Å². The minimum atomic E-state index is -1.79. The fraction of sp³-hybridized carbons (Fsp3) is 0.643. The number of aliphatic hydroxyl groups is 8. The van der Waals surface area contributed by atoms with Gasteiger partial charge in [0.1, 0.15) is 48.8 Å². The SMILES string of the molecule is CC/C=C\C/C=C\C/C=C\C/C=C\C/C=C\C/C=C\C/C=C\C/C=C\C/C=C\C/C=C\C/C=C\C/C=C\CCCCCCC(=O)NC(COC1OC(CO)C(OC2OC(CO)C(O)C(O)C2O)C(O)C1O)C(O)CCCCCCCCCCC. The van der Waals surface area contributed by atoms with Gasteiger partial charge in [0.05, 0.1) is 32.0 Å². The molecule has 0 spiro atoms. The van der Waals surface area contributed by atoms with Gasteiger partial charge in [-0.3, -0.25) is 4.79 Å². The fourth-order valence-corrected chi connectivity index (χ4v) is 9.45. The van der Waals surface area contributed by atoms with Gasteiger partial charge in [0.2, 0.25) is 5.91 Å². The molecule has 2 fully saturated rings. The molecule has 9 N–H and O–H groups in total. The van der Waals surface area contributed by atoms with Gasteiger partial charge in [0, 0.05) is 6.42 Å². The highest BCUT2D eigenvalue weighted by atomic mass is 16.7. The Hall–Kier alpha value is -4.13. The van der Waals surface area contributed by atoms with Crippen LogP contribution in [0.3, 0.4) is 0 Å². The molecule has 1 amide bonds. The highest BCUT2D eigenvalue weighted by Gasteiger charge is 2.51. The summed E-state index contributed by atoms with van der Waals surface area (Å²) in [4.78, 5) is 13.2. The number of carbonyl (C=O) groups excluding carboxylic acids is 1. The van der Waals surface area contributed by atoms with Crippen molar-refractivity contribution in [3.05, 3.63) is 146 Å². The third-order valence-corrected chi connectivity index (χ3v) is 14.6. The van der Waals surface area contributed by atoms with Crippen LogP contribution in [0.1, 0.15) is 194 Å². The zero-order chi connectivity index (χ0) is 60.9. The van der Waals surface area contributed by atoms with Gasteiger partial charge in [-0.2, -0.15) is 0 Å². The Morgan fingerprint density at radius 1 is 0.440 bits per heavy atom. The third kappa shape index (κ3) is 37.4. The smallest absolute Gasteiger partial charge is 0.220 e. The molecule has 0 saturated carbocycles. The number of nitrogens with one attached hydrogen (secondary N) is 1. The Morgan fingerprint density at radius 3 is 1.26 bits per heavy atom. The van der Waals surface area contributed by atoms with Gasteiger partial charge < -0.3 is 65.1 Å². The van der Waals surface area contributed by atoms with E-state index in [1.54, 1.807) is 0 Å². The minimum absolute atomic E-state index is 0.240. The second-order valence-electron chi connectivity index (χ2n) is 21.8. The first-order valence-corrected chi connectivity index (χ1v) is 32.1. The maximum absolute atomic E-state index is 13.2. The highest BCUT2D eigenvalue weighted by molar-refractivity contribution is 5.76. The molecule has 84 heavy (non-hydrogen) atoms. The van der Waals surface area contributed by atoms with Crippen molar-refractivity contribution < 1.29 is 64.6 Å². The lowest BCUT2D eigenvalue weighted by molar-refractivity contribution is -0.359. The van der Waals surface area contributed by atoms with E-state index in [1.165, 1.54) is 32.1 Å². The Kier molecular flexibility index (Phi) is 48.1. The standard InChI is InChI=1S/C70H113NO13/c1-3-5-7-9-11-13-14-15-16-17-18-19-20-21-22-23-24-25-26-27-28-29-30-31-32-33-34-35-36-37-38-39-40-41-42-43-44-46-48-50-52-54-62(75)71-58(59(74)53-51-49-47-45-12-10-8-6-4-2)57-81-69-67(80)65(78)68(61(56-73)83-69)84-70-66(79)64(77)63(76)60(55-72)82-70/h5,7,11,13,15-16,18-19,21-22,24-25,27-28,30-31,33-34,36-37,39-40,42-43,58-61,63-70,72-74,76-80H,3-4,6,8-10,12,14,17,20,23,26,29,32,35,38,41,44-57H2,1-2H3,(H,71,75)/b7-5-,13-11-,16-15-,19-18-,22-21-,25-24-,28-27-,31-30-,34-33-,37-36-,40-39-,43-42-. The topological polar surface area (TPSA) is 228 Å². The average molecular weight is 1180 g/mol. The summed E-state index contributed by atoms with van der Waals surface area (Å²) in [5.74, 6) is -0.240. The maximum Gasteiger partial charge on any atom is 0.220 e. The monoisotopic (exact) mass is 1180 g/mol. The molecule has 14 nitrogen and oxygen atoms in total. The summed E-state index contributed by atoms with van der Waals surface area (Å²) in [6.45, 7) is 2.67. The molecule has 476 valence electrons. The van der Waals surface area contributed by atoms with Crippen LogP contribution in [0, 0.1) is 0 Å². The summed E-state index contributed by atoms with van der Waals surface area (Å²) in [7, 11) is 0. The molecule has 0 aliphatic carbocycles. The molecule has 2 aliphatic rings. The van der Waals surface area contributed by atoms with Gasteiger partial charge >= 0.3 is 0 Å². The van der Waals surface area contributed by atoms with Crippen LogP contribution < -0.4 is 5.32 Å². The molecule has 0 bridgehead atoms. The van der Waals surface area contributed by atoms with Crippen molar-refractivity contribution in [3.63, 3.8) is 0 Å². The number of unbranched alkanes of at least 4 members (excludes halogenated alkanes) is 12. The lowest BCUT2D eigenvalue weighted by atomic mass is 9.97. The number of carbonyl (C=O) groups is 1. The molecule has 2 rings (SSSR count). The molecule has 0 radical (unpaired) electrons. The van der Waals surface area contributed by atoms with Crippen LogP contribution in [0.5, 0.6) is 0 Å². The van der Waals surface area contributed by atoms with Gasteiger partial charge in [-0.15, -0.1) is 0 Å². The van der Waals surface area contributed by atoms with Crippen molar-refractivity contribution in [1.29, 1.82) is 0 Å². The van der Waals surface area contributed by atoms with E-state index in [0.29, 0.717) is 12.8 Å². The molecule has 0 aromatic rings.